The number of carboxylic acids is 1. The van der Waals surface area contributed by atoms with Gasteiger partial charge in [-0.2, -0.15) is 0 Å². The first-order valence-electron chi connectivity index (χ1n) is 5.82. The minimum Gasteiger partial charge on any atom is -0.478 e. The van der Waals surface area contributed by atoms with Crippen LogP contribution < -0.4 is 10.6 Å². The Balaban J connectivity index is 2.14. The van der Waals surface area contributed by atoms with Gasteiger partial charge in [-0.15, -0.1) is 0 Å². The molecule has 21 heavy (non-hydrogen) atoms. The van der Waals surface area contributed by atoms with E-state index in [2.05, 4.69) is 26.6 Å². The lowest BCUT2D eigenvalue weighted by Crippen LogP contribution is -2.21. The van der Waals surface area contributed by atoms with Gasteiger partial charge in [0.2, 0.25) is 0 Å². The molecule has 0 saturated carbocycles. The molecule has 0 spiro atoms. The summed E-state index contributed by atoms with van der Waals surface area (Å²) >= 11 is 3.26. The van der Waals surface area contributed by atoms with Gasteiger partial charge in [-0.3, -0.25) is 0 Å². The highest BCUT2D eigenvalue weighted by molar-refractivity contribution is 9.10. The molecule has 0 aliphatic carbocycles. The number of carbonyl (C=O) groups excluding carboxylic acids is 1. The van der Waals surface area contributed by atoms with Crippen molar-refractivity contribution in [2.45, 2.75) is 0 Å². The average Bonchev–Trinajstić information content (AvgIpc) is 2.41. The molecule has 0 radical (unpaired) electrons. The number of hydrogen-bond donors (Lipinski definition) is 3. The van der Waals surface area contributed by atoms with Crippen LogP contribution in [0.5, 0.6) is 0 Å². The fourth-order valence-corrected chi connectivity index (χ4v) is 1.89. The fraction of sp³-hybridized carbons (Fsp3) is 0. The number of carbonyl (C=O) groups is 2. The molecule has 3 N–H and O–H groups in total. The summed E-state index contributed by atoms with van der Waals surface area (Å²) in [6, 6.07) is 9.19. The maximum atomic E-state index is 13.2. The van der Waals surface area contributed by atoms with Crippen molar-refractivity contribution in [3.05, 3.63) is 58.3 Å². The Hall–Kier alpha value is -2.41. The molecular formula is C14H10BrFN2O3. The molecule has 0 fully saturated rings. The lowest BCUT2D eigenvalue weighted by Gasteiger charge is -2.10. The van der Waals surface area contributed by atoms with Crippen LogP contribution in [0.15, 0.2) is 46.9 Å². The van der Waals surface area contributed by atoms with E-state index in [4.69, 9.17) is 5.11 Å². The van der Waals surface area contributed by atoms with Gasteiger partial charge in [-0.1, -0.05) is 15.9 Å². The molecule has 2 aromatic carbocycles. The van der Waals surface area contributed by atoms with Crippen LogP contribution in [-0.4, -0.2) is 17.1 Å². The highest BCUT2D eigenvalue weighted by Crippen LogP contribution is 2.18. The first-order chi connectivity index (χ1) is 9.95. The molecule has 0 aliphatic rings. The highest BCUT2D eigenvalue weighted by atomic mass is 79.9. The van der Waals surface area contributed by atoms with Gasteiger partial charge < -0.3 is 15.7 Å². The molecule has 2 amide bonds. The Morgan fingerprint density at radius 1 is 1.05 bits per heavy atom. The number of aromatic carboxylic acids is 1. The van der Waals surface area contributed by atoms with Gasteiger partial charge in [-0.25, -0.2) is 14.0 Å². The Bertz CT molecular complexity index is 689. The summed E-state index contributed by atoms with van der Waals surface area (Å²) in [7, 11) is 0. The first kappa shape index (κ1) is 15.0. The SMILES string of the molecule is O=C(Nc1ccc(Br)cc1)Nc1cc(F)ccc1C(=O)O. The molecule has 0 atom stereocenters. The van der Waals surface area contributed by atoms with Crippen molar-refractivity contribution >= 4 is 39.3 Å². The normalized spacial score (nSPS) is 10.0. The predicted octanol–water partition coefficient (Wildman–Crippen LogP) is 3.93. The summed E-state index contributed by atoms with van der Waals surface area (Å²) in [6.07, 6.45) is 0. The molecule has 5 nitrogen and oxygen atoms in total. The van der Waals surface area contributed by atoms with E-state index in [1.54, 1.807) is 24.3 Å². The quantitative estimate of drug-likeness (QED) is 0.782. The van der Waals surface area contributed by atoms with Crippen molar-refractivity contribution in [1.82, 2.24) is 0 Å². The van der Waals surface area contributed by atoms with Crippen molar-refractivity contribution in [3.63, 3.8) is 0 Å². The zero-order valence-electron chi connectivity index (χ0n) is 10.6. The number of halogens is 2. The van der Waals surface area contributed by atoms with Crippen molar-refractivity contribution in [2.75, 3.05) is 10.6 Å². The van der Waals surface area contributed by atoms with Crippen LogP contribution >= 0.6 is 15.9 Å². The minimum absolute atomic E-state index is 0.114. The maximum absolute atomic E-state index is 13.2. The van der Waals surface area contributed by atoms with Crippen LogP contribution in [0, 0.1) is 5.82 Å². The van der Waals surface area contributed by atoms with E-state index in [0.29, 0.717) is 5.69 Å². The Morgan fingerprint density at radius 2 is 1.71 bits per heavy atom. The number of urea groups is 1. The van der Waals surface area contributed by atoms with Crippen LogP contribution in [0.2, 0.25) is 0 Å². The van der Waals surface area contributed by atoms with Crippen molar-refractivity contribution in [1.29, 1.82) is 0 Å². The number of rotatable bonds is 3. The average molecular weight is 353 g/mol. The minimum atomic E-state index is -1.26. The summed E-state index contributed by atoms with van der Waals surface area (Å²) in [5.74, 6) is -1.90. The molecule has 0 saturated heterocycles. The van der Waals surface area contributed by atoms with E-state index < -0.39 is 17.8 Å². The summed E-state index contributed by atoms with van der Waals surface area (Å²) < 4.78 is 14.0. The van der Waals surface area contributed by atoms with Crippen LogP contribution in [0.3, 0.4) is 0 Å². The highest BCUT2D eigenvalue weighted by Gasteiger charge is 2.13. The fourth-order valence-electron chi connectivity index (χ4n) is 1.62. The number of benzene rings is 2. The van der Waals surface area contributed by atoms with Crippen LogP contribution in [0.4, 0.5) is 20.6 Å². The van der Waals surface area contributed by atoms with E-state index in [0.717, 1.165) is 22.7 Å². The topological polar surface area (TPSA) is 78.4 Å². The Kier molecular flexibility index (Phi) is 4.54. The second kappa shape index (κ2) is 6.36. The van der Waals surface area contributed by atoms with E-state index in [-0.39, 0.29) is 11.3 Å². The van der Waals surface area contributed by atoms with Gasteiger partial charge >= 0.3 is 12.0 Å². The molecule has 0 unspecified atom stereocenters. The second-order valence-electron chi connectivity index (χ2n) is 4.08. The summed E-state index contributed by atoms with van der Waals surface area (Å²) in [5.41, 5.74) is 0.212. The molecular weight excluding hydrogens is 343 g/mol. The van der Waals surface area contributed by atoms with Gasteiger partial charge in [0.05, 0.1) is 11.3 Å². The molecule has 0 aliphatic heterocycles. The number of carboxylic acid groups (broad SMARTS) is 1. The predicted molar refractivity (Wildman–Crippen MR) is 80.1 cm³/mol. The molecule has 0 bridgehead atoms. The van der Waals surface area contributed by atoms with Crippen molar-refractivity contribution in [2.24, 2.45) is 0 Å². The lowest BCUT2D eigenvalue weighted by molar-refractivity contribution is 0.0698. The maximum Gasteiger partial charge on any atom is 0.337 e. The van der Waals surface area contributed by atoms with Crippen LogP contribution in [0.1, 0.15) is 10.4 Å². The van der Waals surface area contributed by atoms with Gasteiger partial charge in [0.1, 0.15) is 5.82 Å². The second-order valence-corrected chi connectivity index (χ2v) is 5.00. The monoisotopic (exact) mass is 352 g/mol. The summed E-state index contributed by atoms with van der Waals surface area (Å²) in [4.78, 5) is 22.8. The standard InChI is InChI=1S/C14H10BrFN2O3/c15-8-1-4-10(5-2-8)17-14(21)18-12-7-9(16)3-6-11(12)13(19)20/h1-7H,(H,19,20)(H2,17,18,21). The Labute approximate surface area is 127 Å². The largest absolute Gasteiger partial charge is 0.478 e. The lowest BCUT2D eigenvalue weighted by atomic mass is 10.2. The zero-order chi connectivity index (χ0) is 15.4. The molecule has 2 rings (SSSR count). The molecule has 0 aromatic heterocycles. The third-order valence-corrected chi connectivity index (χ3v) is 3.09. The smallest absolute Gasteiger partial charge is 0.337 e. The number of hydrogen-bond acceptors (Lipinski definition) is 2. The van der Waals surface area contributed by atoms with E-state index >= 15 is 0 Å². The summed E-state index contributed by atoms with van der Waals surface area (Å²) in [6.45, 7) is 0. The molecule has 108 valence electrons. The van der Waals surface area contributed by atoms with Gasteiger partial charge in [0.15, 0.2) is 0 Å². The number of nitrogens with one attached hydrogen (secondary N) is 2. The molecule has 2 aromatic rings. The zero-order valence-corrected chi connectivity index (χ0v) is 12.1. The van der Waals surface area contributed by atoms with Gasteiger partial charge in [0.25, 0.3) is 0 Å². The van der Waals surface area contributed by atoms with Gasteiger partial charge in [-0.05, 0) is 42.5 Å². The van der Waals surface area contributed by atoms with Crippen LogP contribution in [0.25, 0.3) is 0 Å². The van der Waals surface area contributed by atoms with E-state index in [1.807, 2.05) is 0 Å². The number of anilines is 2. The molecule has 7 heteroatoms. The van der Waals surface area contributed by atoms with Crippen molar-refractivity contribution in [3.8, 4) is 0 Å². The Morgan fingerprint density at radius 3 is 2.33 bits per heavy atom. The molecule has 0 heterocycles. The summed E-state index contributed by atoms with van der Waals surface area (Å²) in [5, 5.41) is 13.8. The number of amides is 2. The van der Waals surface area contributed by atoms with Crippen molar-refractivity contribution < 1.29 is 19.1 Å². The van der Waals surface area contributed by atoms with Gasteiger partial charge in [0, 0.05) is 10.2 Å². The third kappa shape index (κ3) is 4.03. The van der Waals surface area contributed by atoms with Crippen LogP contribution in [-0.2, 0) is 0 Å². The third-order valence-electron chi connectivity index (χ3n) is 2.56. The van der Waals surface area contributed by atoms with E-state index in [1.165, 1.54) is 0 Å². The van der Waals surface area contributed by atoms with E-state index in [9.17, 15) is 14.0 Å². The first-order valence-corrected chi connectivity index (χ1v) is 6.61.